The first-order valence-electron chi connectivity index (χ1n) is 12.4. The number of fused-ring (bicyclic) bond motifs is 3. The third-order valence-corrected chi connectivity index (χ3v) is 7.50. The van der Waals surface area contributed by atoms with Gasteiger partial charge in [0.05, 0.1) is 30.2 Å². The average Bonchev–Trinajstić information content (AvgIpc) is 3.58. The third kappa shape index (κ3) is 5.55. The summed E-state index contributed by atoms with van der Waals surface area (Å²) in [6.45, 7) is 2.55. The van der Waals surface area contributed by atoms with Crippen LogP contribution < -0.4 is 10.6 Å². The number of carbonyl (C=O) groups excluding carboxylic acids is 3. The fourth-order valence-corrected chi connectivity index (χ4v) is 5.25. The summed E-state index contributed by atoms with van der Waals surface area (Å²) >= 11 is 1.21. The minimum atomic E-state index is -0.870. The van der Waals surface area contributed by atoms with Crippen molar-refractivity contribution in [3.8, 4) is 0 Å². The van der Waals surface area contributed by atoms with E-state index in [9.17, 15) is 14.4 Å². The number of hydrogen-bond donors (Lipinski definition) is 2. The lowest BCUT2D eigenvalue weighted by molar-refractivity contribution is -0.128. The predicted molar refractivity (Wildman–Crippen MR) is 146 cm³/mol. The van der Waals surface area contributed by atoms with E-state index in [1.54, 1.807) is 18.4 Å². The molecule has 2 N–H and O–H groups in total. The van der Waals surface area contributed by atoms with Crippen LogP contribution in [0.4, 0.5) is 5.69 Å². The number of amidine groups is 2. The van der Waals surface area contributed by atoms with Crippen molar-refractivity contribution in [2.45, 2.75) is 44.1 Å². The van der Waals surface area contributed by atoms with Crippen molar-refractivity contribution in [2.24, 2.45) is 9.98 Å². The van der Waals surface area contributed by atoms with Crippen molar-refractivity contribution in [3.63, 3.8) is 0 Å². The number of hydrogen-bond acceptors (Lipinski definition) is 7. The SMILES string of the molecule is CC[C@H](SC1=Nc2ccccc2C2=N[C@@H](CC(=O)NCc3ccccc3)C(=O)N12)C(=O)NCc1ccco1. The van der Waals surface area contributed by atoms with E-state index in [-0.39, 0.29) is 30.7 Å². The van der Waals surface area contributed by atoms with Crippen LogP contribution in [0.15, 0.2) is 87.4 Å². The number of para-hydroxylation sites is 1. The first-order chi connectivity index (χ1) is 18.5. The summed E-state index contributed by atoms with van der Waals surface area (Å²) in [7, 11) is 0. The lowest BCUT2D eigenvalue weighted by Crippen LogP contribution is -2.43. The van der Waals surface area contributed by atoms with Gasteiger partial charge in [0.2, 0.25) is 11.8 Å². The van der Waals surface area contributed by atoms with Gasteiger partial charge in [-0.1, -0.05) is 61.2 Å². The van der Waals surface area contributed by atoms with E-state index in [2.05, 4.69) is 15.6 Å². The number of rotatable bonds is 9. The molecule has 3 amide bonds. The van der Waals surface area contributed by atoms with Crippen LogP contribution >= 0.6 is 11.8 Å². The van der Waals surface area contributed by atoms with E-state index in [0.29, 0.717) is 41.0 Å². The second kappa shape index (κ2) is 11.5. The molecule has 0 saturated carbocycles. The van der Waals surface area contributed by atoms with E-state index < -0.39 is 11.3 Å². The molecule has 3 heterocycles. The molecule has 2 atom stereocenters. The summed E-state index contributed by atoms with van der Waals surface area (Å²) in [6.07, 6.45) is 2.00. The van der Waals surface area contributed by atoms with Gasteiger partial charge < -0.3 is 15.1 Å². The van der Waals surface area contributed by atoms with Crippen LogP contribution in [0.2, 0.25) is 0 Å². The van der Waals surface area contributed by atoms with E-state index in [1.807, 2.05) is 61.5 Å². The lowest BCUT2D eigenvalue weighted by Gasteiger charge is -2.27. The minimum absolute atomic E-state index is 0.0768. The average molecular weight is 530 g/mol. The minimum Gasteiger partial charge on any atom is -0.467 e. The fourth-order valence-electron chi connectivity index (χ4n) is 4.21. The van der Waals surface area contributed by atoms with Crippen LogP contribution in [0, 0.1) is 0 Å². The summed E-state index contributed by atoms with van der Waals surface area (Å²) in [6, 6.07) is 19.7. The Balaban J connectivity index is 1.31. The largest absolute Gasteiger partial charge is 0.467 e. The zero-order valence-corrected chi connectivity index (χ0v) is 21.6. The first-order valence-corrected chi connectivity index (χ1v) is 13.3. The summed E-state index contributed by atoms with van der Waals surface area (Å²) in [5, 5.41) is 5.63. The van der Waals surface area contributed by atoms with Crippen LogP contribution in [-0.4, -0.2) is 44.9 Å². The molecule has 2 aliphatic rings. The third-order valence-electron chi connectivity index (χ3n) is 6.19. The Bertz CT molecular complexity index is 1390. The van der Waals surface area contributed by atoms with Gasteiger partial charge in [0, 0.05) is 12.1 Å². The maximum atomic E-state index is 13.5. The molecule has 0 saturated heterocycles. The van der Waals surface area contributed by atoms with Crippen molar-refractivity contribution in [2.75, 3.05) is 0 Å². The van der Waals surface area contributed by atoms with Gasteiger partial charge in [-0.25, -0.2) is 9.89 Å². The zero-order chi connectivity index (χ0) is 26.5. The zero-order valence-electron chi connectivity index (χ0n) is 20.8. The molecule has 5 rings (SSSR count). The Morgan fingerprint density at radius 3 is 2.58 bits per heavy atom. The normalized spacial score (nSPS) is 16.7. The van der Waals surface area contributed by atoms with Crippen molar-refractivity contribution < 1.29 is 18.8 Å². The van der Waals surface area contributed by atoms with E-state index in [0.717, 1.165) is 5.56 Å². The van der Waals surface area contributed by atoms with E-state index >= 15 is 0 Å². The van der Waals surface area contributed by atoms with E-state index in [4.69, 9.17) is 9.41 Å². The van der Waals surface area contributed by atoms with Gasteiger partial charge in [-0.3, -0.25) is 19.4 Å². The number of amides is 3. The van der Waals surface area contributed by atoms with Gasteiger partial charge >= 0.3 is 0 Å². The molecule has 194 valence electrons. The quantitative estimate of drug-likeness (QED) is 0.438. The molecule has 0 spiro atoms. The standard InChI is InChI=1S/C28H27N5O4S/c1-2-23(26(35)30-17-19-11-8-14-37-19)38-28-32-21-13-7-6-12-20(21)25-31-22(27(36)33(25)28)15-24(34)29-16-18-9-4-3-5-10-18/h3-14,22-23H,2,15-17H2,1H3,(H,29,34)(H,30,35)/t22-,23-/m0/s1. The molecule has 38 heavy (non-hydrogen) atoms. The Labute approximate surface area is 224 Å². The predicted octanol–water partition coefficient (Wildman–Crippen LogP) is 3.77. The molecule has 0 radical (unpaired) electrons. The highest BCUT2D eigenvalue weighted by atomic mass is 32.2. The molecule has 2 aromatic carbocycles. The van der Waals surface area contributed by atoms with Crippen LogP contribution in [0.3, 0.4) is 0 Å². The molecule has 10 heteroatoms. The second-order valence-electron chi connectivity index (χ2n) is 8.83. The van der Waals surface area contributed by atoms with Crippen LogP contribution in [0.5, 0.6) is 0 Å². The Hall–Kier alpha value is -4.18. The van der Waals surface area contributed by atoms with Crippen molar-refractivity contribution >= 4 is 46.2 Å². The number of benzene rings is 2. The summed E-state index contributed by atoms with van der Waals surface area (Å²) in [5.41, 5.74) is 2.35. The van der Waals surface area contributed by atoms with Gasteiger partial charge in [-0.15, -0.1) is 0 Å². The van der Waals surface area contributed by atoms with Gasteiger partial charge in [0.15, 0.2) is 5.17 Å². The number of carbonyl (C=O) groups is 3. The Kier molecular flexibility index (Phi) is 7.69. The summed E-state index contributed by atoms with van der Waals surface area (Å²) < 4.78 is 5.30. The summed E-state index contributed by atoms with van der Waals surface area (Å²) in [4.78, 5) is 50.0. The number of nitrogens with zero attached hydrogens (tertiary/aromatic N) is 3. The second-order valence-corrected chi connectivity index (χ2v) is 10.0. The molecule has 0 aliphatic carbocycles. The van der Waals surface area contributed by atoms with Gasteiger partial charge in [-0.2, -0.15) is 0 Å². The molecule has 1 aromatic heterocycles. The van der Waals surface area contributed by atoms with Gasteiger partial charge in [0.1, 0.15) is 17.6 Å². The molecule has 2 aliphatic heterocycles. The van der Waals surface area contributed by atoms with Gasteiger partial charge in [-0.05, 0) is 36.2 Å². The van der Waals surface area contributed by atoms with E-state index in [1.165, 1.54) is 16.7 Å². The first kappa shape index (κ1) is 25.5. The molecule has 0 fully saturated rings. The molecule has 0 bridgehead atoms. The topological polar surface area (TPSA) is 116 Å². The van der Waals surface area contributed by atoms with Crippen LogP contribution in [0.25, 0.3) is 0 Å². The molecular weight excluding hydrogens is 502 g/mol. The highest BCUT2D eigenvalue weighted by molar-refractivity contribution is 8.15. The summed E-state index contributed by atoms with van der Waals surface area (Å²) in [5.74, 6) is 0.327. The Morgan fingerprint density at radius 1 is 1.03 bits per heavy atom. The number of nitrogens with one attached hydrogen (secondary N) is 2. The smallest absolute Gasteiger partial charge is 0.259 e. The molecule has 0 unspecified atom stereocenters. The van der Waals surface area contributed by atoms with Crippen molar-refractivity contribution in [1.82, 2.24) is 15.5 Å². The fraction of sp³-hybridized carbons (Fsp3) is 0.250. The molecule has 9 nitrogen and oxygen atoms in total. The van der Waals surface area contributed by atoms with Gasteiger partial charge in [0.25, 0.3) is 5.91 Å². The number of aliphatic imine (C=N–C) groups is 2. The maximum absolute atomic E-state index is 13.5. The monoisotopic (exact) mass is 529 g/mol. The van der Waals surface area contributed by atoms with Crippen LogP contribution in [-0.2, 0) is 27.5 Å². The highest BCUT2D eigenvalue weighted by Gasteiger charge is 2.43. The maximum Gasteiger partial charge on any atom is 0.259 e. The van der Waals surface area contributed by atoms with Crippen molar-refractivity contribution in [3.05, 3.63) is 89.9 Å². The van der Waals surface area contributed by atoms with Crippen molar-refractivity contribution in [1.29, 1.82) is 0 Å². The molecule has 3 aromatic rings. The highest BCUT2D eigenvalue weighted by Crippen LogP contribution is 2.35. The number of thioether (sulfide) groups is 1. The number of furan rings is 1. The molecular formula is C28H27N5O4S. The Morgan fingerprint density at radius 2 is 1.82 bits per heavy atom. The van der Waals surface area contributed by atoms with Crippen LogP contribution in [0.1, 0.15) is 36.7 Å². The lowest BCUT2D eigenvalue weighted by atomic mass is 10.1.